The molecule has 1 N–H and O–H groups in total. The summed E-state index contributed by atoms with van der Waals surface area (Å²) < 4.78 is 53.3. The number of carbonyl (C=O) groups is 2. The number of nitriles is 1. The second-order valence-corrected chi connectivity index (χ2v) is 16.8. The average Bonchev–Trinajstić information content (AvgIpc) is 3.85. The van der Waals surface area contributed by atoms with Crippen molar-refractivity contribution in [1.82, 2.24) is 9.24 Å². The van der Waals surface area contributed by atoms with Crippen molar-refractivity contribution in [2.45, 2.75) is 82.6 Å². The molecule has 57 heavy (non-hydrogen) atoms. The summed E-state index contributed by atoms with van der Waals surface area (Å²) in [4.78, 5) is 25.7. The first-order valence-electron chi connectivity index (χ1n) is 18.8. The van der Waals surface area contributed by atoms with Gasteiger partial charge in [-0.15, -0.1) is 0 Å². The molecule has 5 rings (SSSR count). The van der Waals surface area contributed by atoms with Crippen LogP contribution >= 0.6 is 7.52 Å². The Morgan fingerprint density at radius 1 is 0.842 bits per heavy atom. The number of hydrogen-bond donors (Lipinski definition) is 1. The molecule has 0 saturated carbocycles. The van der Waals surface area contributed by atoms with Crippen LogP contribution in [0.5, 0.6) is 11.5 Å². The minimum absolute atomic E-state index is 0.0360. The molecule has 1 saturated heterocycles. The Labute approximate surface area is 334 Å². The summed E-state index contributed by atoms with van der Waals surface area (Å²) in [5.74, 6) is -0.299. The molecule has 13 nitrogen and oxygen atoms in total. The average molecular weight is 802 g/mol. The summed E-state index contributed by atoms with van der Waals surface area (Å²) >= 11 is 0. The minimum atomic E-state index is -3.81. The molecular formula is C43H52N3O10P. The fourth-order valence-electron chi connectivity index (χ4n) is 8.01. The fourth-order valence-corrected chi connectivity index (χ4v) is 10.9. The molecule has 2 unspecified atom stereocenters. The Morgan fingerprint density at radius 2 is 1.32 bits per heavy atom. The normalized spacial score (nSPS) is 18.5. The van der Waals surface area contributed by atoms with Crippen LogP contribution in [-0.4, -0.2) is 91.3 Å². The van der Waals surface area contributed by atoms with E-state index in [0.717, 1.165) is 5.56 Å². The lowest BCUT2D eigenvalue weighted by atomic mass is 9.64. The van der Waals surface area contributed by atoms with Crippen LogP contribution in [0.15, 0.2) is 91.3 Å². The van der Waals surface area contributed by atoms with Crippen molar-refractivity contribution in [3.05, 3.63) is 119 Å². The van der Waals surface area contributed by atoms with E-state index < -0.39 is 49.4 Å². The molecule has 1 aromatic heterocycles. The smallest absolute Gasteiger partial charge is 0.340 e. The number of aromatic nitrogens is 1. The maximum atomic E-state index is 15.3. The maximum absolute atomic E-state index is 15.3. The molecule has 0 bridgehead atoms. The molecule has 0 spiro atoms. The molecule has 1 fully saturated rings. The first kappa shape index (κ1) is 43.2. The van der Waals surface area contributed by atoms with Gasteiger partial charge in [0.25, 0.3) is 7.52 Å². The van der Waals surface area contributed by atoms with Gasteiger partial charge >= 0.3 is 11.9 Å². The van der Waals surface area contributed by atoms with Gasteiger partial charge in [0.05, 0.1) is 63.3 Å². The predicted molar refractivity (Wildman–Crippen MR) is 214 cm³/mol. The number of hydrogen-bond acceptors (Lipinski definition) is 11. The fraction of sp³-hybridized carbons (Fsp3) is 0.419. The standard InChI is InChI=1S/C43H52N3O10P/c1-28(2)46(29(3)4)57(50,24-12-23-44)56-37-25-38(45-26-35(41(48)53-7)36(27-45)42(49)54-8)55-39(37)40(47)43(30-13-10-9-11-14-30,31-15-19-33(51-5)20-16-31)32-17-21-34(52-6)22-18-32/h9-11,13-22,26-29,37-40,47H,12,24-25H2,1-8H3/t37-,38-,39-,40?,57?/m0/s1. The quantitative estimate of drug-likeness (QED) is 0.0643. The number of aliphatic hydroxyl groups excluding tert-OH is 1. The first-order valence-corrected chi connectivity index (χ1v) is 20.5. The van der Waals surface area contributed by atoms with Crippen LogP contribution in [0.2, 0.25) is 0 Å². The molecule has 1 aliphatic heterocycles. The molecule has 5 atom stereocenters. The van der Waals surface area contributed by atoms with Crippen molar-refractivity contribution in [2.75, 3.05) is 34.6 Å². The molecule has 304 valence electrons. The highest BCUT2D eigenvalue weighted by atomic mass is 31.2. The van der Waals surface area contributed by atoms with Crippen molar-refractivity contribution in [2.24, 2.45) is 0 Å². The van der Waals surface area contributed by atoms with E-state index in [1.54, 1.807) is 18.9 Å². The van der Waals surface area contributed by atoms with Gasteiger partial charge in [0.2, 0.25) is 0 Å². The molecule has 1 aliphatic rings. The molecule has 0 amide bonds. The van der Waals surface area contributed by atoms with Gasteiger partial charge in [0.15, 0.2) is 0 Å². The SMILES string of the molecule is COC(=O)c1cn([C@@H]2C[C@H](OP(=O)(CCC#N)N(C(C)C)C(C)C)[C@@H](C(O)C(c3ccccc3)(c3ccc(OC)cc3)c3ccc(OC)cc3)O2)cc1C(=O)OC. The van der Waals surface area contributed by atoms with Crippen molar-refractivity contribution < 1.29 is 47.5 Å². The number of aliphatic hydroxyl groups is 1. The van der Waals surface area contributed by atoms with Crippen LogP contribution in [0.25, 0.3) is 0 Å². The summed E-state index contributed by atoms with van der Waals surface area (Å²) in [6.45, 7) is 7.66. The van der Waals surface area contributed by atoms with Crippen LogP contribution in [0.3, 0.4) is 0 Å². The van der Waals surface area contributed by atoms with E-state index in [1.807, 2.05) is 107 Å². The molecule has 3 aromatic carbocycles. The molecule has 0 aliphatic carbocycles. The molecule has 0 radical (unpaired) electrons. The van der Waals surface area contributed by atoms with E-state index in [0.29, 0.717) is 22.6 Å². The van der Waals surface area contributed by atoms with Gasteiger partial charge in [-0.05, 0) is 68.7 Å². The highest BCUT2D eigenvalue weighted by Crippen LogP contribution is 2.58. The second-order valence-electron chi connectivity index (χ2n) is 14.4. The van der Waals surface area contributed by atoms with Gasteiger partial charge in [-0.1, -0.05) is 54.6 Å². The third kappa shape index (κ3) is 8.66. The summed E-state index contributed by atoms with van der Waals surface area (Å²) in [5.41, 5.74) is 0.666. The van der Waals surface area contributed by atoms with Crippen LogP contribution in [0, 0.1) is 11.3 Å². The number of methoxy groups -OCH3 is 4. The zero-order valence-electron chi connectivity index (χ0n) is 33.7. The van der Waals surface area contributed by atoms with E-state index in [2.05, 4.69) is 6.07 Å². The van der Waals surface area contributed by atoms with E-state index >= 15 is 4.57 Å². The number of ether oxygens (including phenoxy) is 5. The maximum Gasteiger partial charge on any atom is 0.340 e. The Morgan fingerprint density at radius 3 is 1.74 bits per heavy atom. The Hall–Kier alpha value is -4.96. The zero-order chi connectivity index (χ0) is 41.5. The summed E-state index contributed by atoms with van der Waals surface area (Å²) in [5, 5.41) is 23.1. The van der Waals surface area contributed by atoms with Crippen molar-refractivity contribution in [3.8, 4) is 17.6 Å². The number of esters is 2. The van der Waals surface area contributed by atoms with Crippen LogP contribution in [-0.2, 0) is 28.7 Å². The van der Waals surface area contributed by atoms with Gasteiger partial charge in [0.1, 0.15) is 29.9 Å². The minimum Gasteiger partial charge on any atom is -0.497 e. The predicted octanol–water partition coefficient (Wildman–Crippen LogP) is 7.37. The highest BCUT2D eigenvalue weighted by Gasteiger charge is 2.55. The summed E-state index contributed by atoms with van der Waals surface area (Å²) in [6.07, 6.45) is -1.82. The Balaban J connectivity index is 1.77. The zero-order valence-corrected chi connectivity index (χ0v) is 34.6. The highest BCUT2D eigenvalue weighted by molar-refractivity contribution is 7.56. The first-order chi connectivity index (χ1) is 27.3. The van der Waals surface area contributed by atoms with Crippen LogP contribution in [0.4, 0.5) is 0 Å². The van der Waals surface area contributed by atoms with E-state index in [9.17, 15) is 20.0 Å². The van der Waals surface area contributed by atoms with Crippen molar-refractivity contribution in [1.29, 1.82) is 5.26 Å². The lowest BCUT2D eigenvalue weighted by Gasteiger charge is -2.44. The molecule has 14 heteroatoms. The lowest BCUT2D eigenvalue weighted by Crippen LogP contribution is -2.52. The monoisotopic (exact) mass is 801 g/mol. The summed E-state index contributed by atoms with van der Waals surface area (Å²) in [6, 6.07) is 26.0. The van der Waals surface area contributed by atoms with Gasteiger partial charge < -0.3 is 37.9 Å². The van der Waals surface area contributed by atoms with E-state index in [1.165, 1.54) is 31.2 Å². The molecule has 2 heterocycles. The van der Waals surface area contributed by atoms with Crippen LogP contribution in [0.1, 0.15) is 84.2 Å². The van der Waals surface area contributed by atoms with Gasteiger partial charge in [-0.2, -0.15) is 5.26 Å². The van der Waals surface area contributed by atoms with E-state index in [4.69, 9.17) is 28.2 Å². The largest absolute Gasteiger partial charge is 0.497 e. The molecular weight excluding hydrogens is 749 g/mol. The second kappa shape index (κ2) is 18.5. The number of rotatable bonds is 17. The third-order valence-corrected chi connectivity index (χ3v) is 13.4. The van der Waals surface area contributed by atoms with E-state index in [-0.39, 0.29) is 42.2 Å². The Kier molecular flexibility index (Phi) is 14.0. The lowest BCUT2D eigenvalue weighted by molar-refractivity contribution is -0.0938. The molecule has 4 aromatic rings. The van der Waals surface area contributed by atoms with Gasteiger partial charge in [-0.3, -0.25) is 4.57 Å². The number of carbonyl (C=O) groups excluding carboxylic acids is 2. The van der Waals surface area contributed by atoms with Gasteiger partial charge in [-0.25, -0.2) is 14.3 Å². The number of benzene rings is 3. The van der Waals surface area contributed by atoms with Crippen molar-refractivity contribution >= 4 is 19.5 Å². The van der Waals surface area contributed by atoms with Crippen LogP contribution < -0.4 is 9.47 Å². The van der Waals surface area contributed by atoms with Crippen molar-refractivity contribution in [3.63, 3.8) is 0 Å². The van der Waals surface area contributed by atoms with Gasteiger partial charge in [0, 0.05) is 37.3 Å². The third-order valence-electron chi connectivity index (χ3n) is 10.4. The topological polar surface area (TPSA) is 159 Å². The Bertz CT molecular complexity index is 1970. The number of nitrogens with zero attached hydrogens (tertiary/aromatic N) is 3. The summed E-state index contributed by atoms with van der Waals surface area (Å²) in [7, 11) is 1.76.